The summed E-state index contributed by atoms with van der Waals surface area (Å²) in [6, 6.07) is 5.19. The van der Waals surface area contributed by atoms with Crippen molar-refractivity contribution in [1.29, 1.82) is 0 Å². The van der Waals surface area contributed by atoms with Gasteiger partial charge in [-0.1, -0.05) is 12.1 Å². The number of piperazine rings is 1. The van der Waals surface area contributed by atoms with E-state index in [1.54, 1.807) is 0 Å². The van der Waals surface area contributed by atoms with E-state index in [0.29, 0.717) is 12.3 Å². The fourth-order valence-electron chi connectivity index (χ4n) is 3.22. The number of thioether (sulfide) groups is 1. The van der Waals surface area contributed by atoms with Gasteiger partial charge < -0.3 is 15.1 Å². The van der Waals surface area contributed by atoms with Gasteiger partial charge in [-0.2, -0.15) is 13.2 Å². The summed E-state index contributed by atoms with van der Waals surface area (Å²) in [7, 11) is 0. The Labute approximate surface area is 143 Å². The molecule has 2 aliphatic rings. The maximum Gasteiger partial charge on any atom is 0.416 e. The van der Waals surface area contributed by atoms with E-state index in [9.17, 15) is 18.0 Å². The molecule has 3 rings (SSSR count). The van der Waals surface area contributed by atoms with Crippen molar-refractivity contribution in [3.63, 3.8) is 0 Å². The summed E-state index contributed by atoms with van der Waals surface area (Å²) in [5, 5.41) is 2.13. The largest absolute Gasteiger partial charge is 0.416 e. The highest BCUT2D eigenvalue weighted by Crippen LogP contribution is 2.39. The lowest BCUT2D eigenvalue weighted by atomic mass is 10.1. The van der Waals surface area contributed by atoms with E-state index in [2.05, 4.69) is 5.32 Å². The third-order valence-corrected chi connectivity index (χ3v) is 5.86. The number of nitrogens with zero attached hydrogens (tertiary/aromatic N) is 1. The molecule has 0 aromatic heterocycles. The minimum Gasteiger partial charge on any atom is -0.337 e. The smallest absolute Gasteiger partial charge is 0.337 e. The number of benzene rings is 1. The van der Waals surface area contributed by atoms with Crippen LogP contribution in [0.4, 0.5) is 13.2 Å². The summed E-state index contributed by atoms with van der Waals surface area (Å²) in [4.78, 5) is 15.5. The van der Waals surface area contributed by atoms with Crippen LogP contribution >= 0.6 is 11.8 Å². The number of carbonyl (C=O) groups excluding carboxylic acids is 1. The van der Waals surface area contributed by atoms with Crippen LogP contribution < -0.4 is 10.2 Å². The summed E-state index contributed by atoms with van der Waals surface area (Å²) < 4.78 is 38.1. The summed E-state index contributed by atoms with van der Waals surface area (Å²) in [6.07, 6.45) is -4.33. The van der Waals surface area contributed by atoms with Crippen molar-refractivity contribution >= 4 is 17.7 Å². The number of nitrogens with one attached hydrogen (secondary N) is 1. The molecule has 2 fully saturated rings. The normalized spacial score (nSPS) is 23.0. The predicted molar refractivity (Wildman–Crippen MR) is 85.6 cm³/mol. The van der Waals surface area contributed by atoms with Crippen LogP contribution in [0, 0.1) is 0 Å². The van der Waals surface area contributed by atoms with Gasteiger partial charge in [0.25, 0.3) is 0 Å². The fraction of sp³-hybridized carbons (Fsp3) is 0.562. The minimum absolute atomic E-state index is 0.0767. The Kier molecular flexibility index (Phi) is 5.36. The third-order valence-electron chi connectivity index (χ3n) is 4.60. The first kappa shape index (κ1) is 17.6. The number of hydrogen-bond donors (Lipinski definition) is 2. The number of alkyl halides is 3. The lowest BCUT2D eigenvalue weighted by Gasteiger charge is -2.28. The lowest BCUT2D eigenvalue weighted by molar-refractivity contribution is -0.946. The fourth-order valence-corrected chi connectivity index (χ4v) is 4.44. The Morgan fingerprint density at radius 2 is 1.88 bits per heavy atom. The van der Waals surface area contributed by atoms with Gasteiger partial charge in [0.1, 0.15) is 31.6 Å². The van der Waals surface area contributed by atoms with Gasteiger partial charge in [-0.15, -0.1) is 11.8 Å². The van der Waals surface area contributed by atoms with Crippen molar-refractivity contribution in [2.75, 3.05) is 45.0 Å². The first-order chi connectivity index (χ1) is 11.4. The van der Waals surface area contributed by atoms with Gasteiger partial charge in [-0.3, -0.25) is 4.79 Å². The molecule has 24 heavy (non-hydrogen) atoms. The van der Waals surface area contributed by atoms with Crippen molar-refractivity contribution in [1.82, 2.24) is 4.90 Å². The molecule has 1 aromatic carbocycles. The van der Waals surface area contributed by atoms with Crippen molar-refractivity contribution in [3.05, 3.63) is 35.4 Å². The van der Waals surface area contributed by atoms with Crippen LogP contribution in [0.1, 0.15) is 16.5 Å². The molecule has 0 aliphatic carbocycles. The molecule has 0 spiro atoms. The average molecular weight is 361 g/mol. The molecule has 3 N–H and O–H groups in total. The van der Waals surface area contributed by atoms with Crippen LogP contribution in [0.2, 0.25) is 0 Å². The zero-order valence-corrected chi connectivity index (χ0v) is 14.1. The second-order valence-corrected chi connectivity index (χ2v) is 7.30. The zero-order chi connectivity index (χ0) is 17.2. The molecule has 8 heteroatoms. The van der Waals surface area contributed by atoms with Crippen molar-refractivity contribution in [2.45, 2.75) is 11.6 Å². The summed E-state index contributed by atoms with van der Waals surface area (Å²) in [6.45, 7) is 5.98. The van der Waals surface area contributed by atoms with E-state index in [1.807, 2.05) is 4.90 Å². The molecule has 1 atom stereocenters. The molecule has 0 saturated carbocycles. The molecule has 4 nitrogen and oxygen atoms in total. The van der Waals surface area contributed by atoms with Gasteiger partial charge in [0.05, 0.1) is 24.4 Å². The van der Waals surface area contributed by atoms with Gasteiger partial charge in [-0.05, 0) is 17.7 Å². The molecule has 0 bridgehead atoms. The summed E-state index contributed by atoms with van der Waals surface area (Å²) >= 11 is 1.49. The third kappa shape index (κ3) is 4.04. The highest BCUT2D eigenvalue weighted by Gasteiger charge is 2.35. The highest BCUT2D eigenvalue weighted by atomic mass is 32.2. The lowest BCUT2D eigenvalue weighted by Crippen LogP contribution is -3.20. The highest BCUT2D eigenvalue weighted by molar-refractivity contribution is 8.00. The SMILES string of the molecule is O=C1CS[C@H](c2ccc(C(F)(F)F)cc2)N1CC[NH+]1CC[NH2+]CC1. The van der Waals surface area contributed by atoms with E-state index in [4.69, 9.17) is 0 Å². The van der Waals surface area contributed by atoms with E-state index >= 15 is 0 Å². The number of halogens is 3. The van der Waals surface area contributed by atoms with Crippen molar-refractivity contribution in [3.8, 4) is 0 Å². The molecule has 132 valence electrons. The Morgan fingerprint density at radius 1 is 1.21 bits per heavy atom. The van der Waals surface area contributed by atoms with Gasteiger partial charge in [0, 0.05) is 0 Å². The van der Waals surface area contributed by atoms with Gasteiger partial charge in [-0.25, -0.2) is 0 Å². The Hall–Kier alpha value is -1.25. The molecule has 1 aromatic rings. The molecule has 2 saturated heterocycles. The van der Waals surface area contributed by atoms with Crippen LogP contribution in [-0.4, -0.2) is 55.8 Å². The van der Waals surface area contributed by atoms with Crippen LogP contribution in [0.15, 0.2) is 24.3 Å². The summed E-state index contributed by atoms with van der Waals surface area (Å²) in [5.41, 5.74) is 0.113. The number of quaternary nitrogens is 2. The van der Waals surface area contributed by atoms with Crippen molar-refractivity contribution in [2.24, 2.45) is 0 Å². The standard InChI is InChI=1S/C16H20F3N3OS/c17-16(18,19)13-3-1-12(2-4-13)15-22(14(23)11-24-15)10-9-21-7-5-20-6-8-21/h1-4,15,20H,5-11H2/p+2/t15-/m1/s1. The monoisotopic (exact) mass is 361 g/mol. The predicted octanol–water partition coefficient (Wildman–Crippen LogP) is -0.259. The maximum atomic E-state index is 12.7. The van der Waals surface area contributed by atoms with E-state index in [-0.39, 0.29) is 11.3 Å². The van der Waals surface area contributed by atoms with Crippen LogP contribution in [0.5, 0.6) is 0 Å². The Morgan fingerprint density at radius 3 is 2.50 bits per heavy atom. The summed E-state index contributed by atoms with van der Waals surface area (Å²) in [5.74, 6) is 0.474. The molecular weight excluding hydrogens is 339 g/mol. The topological polar surface area (TPSA) is 41.4 Å². The van der Waals surface area contributed by atoms with E-state index in [1.165, 1.54) is 28.8 Å². The average Bonchev–Trinajstić information content (AvgIpc) is 2.94. The number of hydrogen-bond acceptors (Lipinski definition) is 2. The second kappa shape index (κ2) is 7.33. The van der Waals surface area contributed by atoms with Gasteiger partial charge in [0.15, 0.2) is 0 Å². The number of amides is 1. The number of nitrogens with two attached hydrogens (primary N) is 1. The first-order valence-corrected chi connectivity index (χ1v) is 9.23. The molecule has 2 aliphatic heterocycles. The van der Waals surface area contributed by atoms with Gasteiger partial charge in [0.2, 0.25) is 5.91 Å². The van der Waals surface area contributed by atoms with Gasteiger partial charge >= 0.3 is 6.18 Å². The minimum atomic E-state index is -4.33. The maximum absolute atomic E-state index is 12.7. The first-order valence-electron chi connectivity index (χ1n) is 8.18. The molecule has 1 amide bonds. The van der Waals surface area contributed by atoms with Crippen LogP contribution in [0.25, 0.3) is 0 Å². The Bertz CT molecular complexity index is 573. The zero-order valence-electron chi connectivity index (χ0n) is 13.3. The number of rotatable bonds is 4. The van der Waals surface area contributed by atoms with E-state index < -0.39 is 11.7 Å². The van der Waals surface area contributed by atoms with Crippen LogP contribution in [-0.2, 0) is 11.0 Å². The van der Waals surface area contributed by atoms with E-state index in [0.717, 1.165) is 50.4 Å². The number of carbonyl (C=O) groups is 1. The molecule has 2 heterocycles. The molecule has 0 radical (unpaired) electrons. The molecule has 0 unspecified atom stereocenters. The van der Waals surface area contributed by atoms with Crippen LogP contribution in [0.3, 0.4) is 0 Å². The van der Waals surface area contributed by atoms with Crippen molar-refractivity contribution < 1.29 is 28.2 Å². The second-order valence-electron chi connectivity index (χ2n) is 6.24. The quantitative estimate of drug-likeness (QED) is 0.776. The Balaban J connectivity index is 1.66. The molecular formula is C16H22F3N3OS+2.